The number of methoxy groups -OCH3 is 1. The lowest BCUT2D eigenvalue weighted by atomic mass is 9.98. The molecule has 0 spiro atoms. The van der Waals surface area contributed by atoms with E-state index in [4.69, 9.17) is 4.74 Å². The summed E-state index contributed by atoms with van der Waals surface area (Å²) in [5, 5.41) is 13.8. The van der Waals surface area contributed by atoms with Crippen molar-refractivity contribution in [2.45, 2.75) is 46.0 Å². The third-order valence-electron chi connectivity index (χ3n) is 4.71. The van der Waals surface area contributed by atoms with Gasteiger partial charge in [0.25, 0.3) is 0 Å². The summed E-state index contributed by atoms with van der Waals surface area (Å²) in [6.07, 6.45) is 4.97. The van der Waals surface area contributed by atoms with Crippen LogP contribution in [0, 0.1) is 6.92 Å². The fourth-order valence-corrected chi connectivity index (χ4v) is 2.94. The summed E-state index contributed by atoms with van der Waals surface area (Å²) in [5.41, 5.74) is 3.75. The highest BCUT2D eigenvalue weighted by atomic mass is 16.5. The van der Waals surface area contributed by atoms with Crippen LogP contribution in [0.1, 0.15) is 49.4 Å². The first kappa shape index (κ1) is 20.8. The summed E-state index contributed by atoms with van der Waals surface area (Å²) in [6.45, 7) is 8.95. The Morgan fingerprint density at radius 3 is 2.67 bits per heavy atom. The van der Waals surface area contributed by atoms with Crippen LogP contribution >= 0.6 is 0 Å². The maximum atomic E-state index is 5.22. The Labute approximate surface area is 162 Å². The van der Waals surface area contributed by atoms with Crippen LogP contribution in [-0.4, -0.2) is 42.9 Å². The van der Waals surface area contributed by atoms with E-state index < -0.39 is 0 Å². The van der Waals surface area contributed by atoms with Gasteiger partial charge in [-0.1, -0.05) is 19.1 Å². The predicted molar refractivity (Wildman–Crippen MR) is 112 cm³/mol. The average molecular weight is 372 g/mol. The fraction of sp³-hybridized carbons (Fsp3) is 0.524. The first-order valence-electron chi connectivity index (χ1n) is 9.79. The minimum absolute atomic E-state index is 0.482. The number of aliphatic imine (C=N–C) groups is 1. The lowest BCUT2D eigenvalue weighted by molar-refractivity contribution is 0.414. The summed E-state index contributed by atoms with van der Waals surface area (Å²) in [5.74, 6) is 2.27. The van der Waals surface area contributed by atoms with Gasteiger partial charge >= 0.3 is 0 Å². The van der Waals surface area contributed by atoms with Gasteiger partial charge in [0.2, 0.25) is 0 Å². The molecule has 0 aliphatic heterocycles. The summed E-state index contributed by atoms with van der Waals surface area (Å²) in [7, 11) is 1.69. The van der Waals surface area contributed by atoms with Gasteiger partial charge < -0.3 is 15.4 Å². The van der Waals surface area contributed by atoms with E-state index in [1.807, 2.05) is 18.3 Å². The number of benzene rings is 1. The van der Waals surface area contributed by atoms with Crippen molar-refractivity contribution < 1.29 is 4.74 Å². The van der Waals surface area contributed by atoms with Crippen molar-refractivity contribution in [3.05, 3.63) is 47.3 Å². The molecule has 1 aromatic carbocycles. The molecule has 6 nitrogen and oxygen atoms in total. The molecule has 0 fully saturated rings. The second-order valence-electron chi connectivity index (χ2n) is 6.77. The van der Waals surface area contributed by atoms with E-state index in [0.717, 1.165) is 56.3 Å². The molecule has 0 aliphatic rings. The molecule has 2 rings (SSSR count). The Morgan fingerprint density at radius 1 is 1.26 bits per heavy atom. The first-order valence-corrected chi connectivity index (χ1v) is 9.79. The summed E-state index contributed by atoms with van der Waals surface area (Å²) in [4.78, 5) is 4.68. The fourth-order valence-electron chi connectivity index (χ4n) is 2.94. The zero-order chi connectivity index (χ0) is 19.5. The van der Waals surface area contributed by atoms with Gasteiger partial charge in [0.05, 0.1) is 13.3 Å². The van der Waals surface area contributed by atoms with Gasteiger partial charge in [-0.15, -0.1) is 0 Å². The van der Waals surface area contributed by atoms with Gasteiger partial charge in [0.1, 0.15) is 5.75 Å². The maximum Gasteiger partial charge on any atom is 0.191 e. The molecule has 2 aromatic rings. The predicted octanol–water partition coefficient (Wildman–Crippen LogP) is 3.41. The van der Waals surface area contributed by atoms with Crippen molar-refractivity contribution in [1.29, 1.82) is 0 Å². The van der Waals surface area contributed by atoms with Gasteiger partial charge in [0.15, 0.2) is 5.96 Å². The molecule has 0 aliphatic carbocycles. The second kappa shape index (κ2) is 11.3. The third kappa shape index (κ3) is 6.96. The van der Waals surface area contributed by atoms with E-state index >= 15 is 0 Å². The molecule has 0 saturated carbocycles. The van der Waals surface area contributed by atoms with Crippen molar-refractivity contribution in [2.75, 3.05) is 26.7 Å². The number of hydrogen-bond acceptors (Lipinski definition) is 3. The van der Waals surface area contributed by atoms with Crippen LogP contribution in [0.25, 0.3) is 0 Å². The minimum atomic E-state index is 0.482. The Hall–Kier alpha value is -2.50. The number of aromatic nitrogens is 2. The summed E-state index contributed by atoms with van der Waals surface area (Å²) < 4.78 is 5.22. The number of nitrogens with zero attached hydrogens (tertiary/aromatic N) is 2. The Kier molecular flexibility index (Phi) is 8.68. The SMILES string of the molecule is CCNC(=NCCCc1cn[nH]c1C)NCCC(C)c1ccc(OC)cc1. The maximum absolute atomic E-state index is 5.22. The molecule has 1 heterocycles. The topological polar surface area (TPSA) is 74.3 Å². The molecule has 1 aromatic heterocycles. The van der Waals surface area contributed by atoms with Gasteiger partial charge in [-0.2, -0.15) is 5.10 Å². The number of aryl methyl sites for hydroxylation is 2. The monoisotopic (exact) mass is 371 g/mol. The molecule has 0 bridgehead atoms. The number of ether oxygens (including phenoxy) is 1. The van der Waals surface area contributed by atoms with E-state index in [9.17, 15) is 0 Å². The van der Waals surface area contributed by atoms with E-state index in [-0.39, 0.29) is 0 Å². The Balaban J connectivity index is 1.74. The summed E-state index contributed by atoms with van der Waals surface area (Å²) >= 11 is 0. The molecular weight excluding hydrogens is 338 g/mol. The van der Waals surface area contributed by atoms with Gasteiger partial charge in [-0.25, -0.2) is 0 Å². The first-order chi connectivity index (χ1) is 13.1. The molecule has 1 unspecified atom stereocenters. The van der Waals surface area contributed by atoms with Crippen LogP contribution in [0.4, 0.5) is 0 Å². The molecule has 0 saturated heterocycles. The van der Waals surface area contributed by atoms with E-state index in [2.05, 4.69) is 58.7 Å². The molecule has 148 valence electrons. The van der Waals surface area contributed by atoms with Crippen LogP contribution in [0.3, 0.4) is 0 Å². The van der Waals surface area contributed by atoms with Crippen molar-refractivity contribution in [3.8, 4) is 5.75 Å². The molecule has 3 N–H and O–H groups in total. The highest BCUT2D eigenvalue weighted by Crippen LogP contribution is 2.21. The molecule has 1 atom stereocenters. The molecule has 0 amide bonds. The van der Waals surface area contributed by atoms with Crippen LogP contribution in [-0.2, 0) is 6.42 Å². The number of H-pyrrole nitrogens is 1. The van der Waals surface area contributed by atoms with Gasteiger partial charge in [-0.3, -0.25) is 10.1 Å². The minimum Gasteiger partial charge on any atom is -0.497 e. The van der Waals surface area contributed by atoms with E-state index in [1.165, 1.54) is 11.1 Å². The van der Waals surface area contributed by atoms with Crippen LogP contribution in [0.5, 0.6) is 5.75 Å². The highest BCUT2D eigenvalue weighted by molar-refractivity contribution is 5.79. The molecule has 27 heavy (non-hydrogen) atoms. The molecule has 6 heteroatoms. The zero-order valence-electron chi connectivity index (χ0n) is 17.0. The van der Waals surface area contributed by atoms with Crippen LogP contribution < -0.4 is 15.4 Å². The smallest absolute Gasteiger partial charge is 0.191 e. The standard InChI is InChI=1S/C21H33N5O/c1-5-22-21(23-13-6-7-19-15-25-26-17(19)3)24-14-12-16(2)18-8-10-20(27-4)11-9-18/h8-11,15-16H,5-7,12-14H2,1-4H3,(H,25,26)(H2,22,23,24). The quantitative estimate of drug-likeness (QED) is 0.340. The van der Waals surface area contributed by atoms with Crippen molar-refractivity contribution >= 4 is 5.96 Å². The summed E-state index contributed by atoms with van der Waals surface area (Å²) in [6, 6.07) is 8.32. The lowest BCUT2D eigenvalue weighted by Gasteiger charge is -2.15. The number of guanidine groups is 1. The number of hydrogen-bond donors (Lipinski definition) is 3. The second-order valence-corrected chi connectivity index (χ2v) is 6.77. The van der Waals surface area contributed by atoms with Crippen molar-refractivity contribution in [1.82, 2.24) is 20.8 Å². The third-order valence-corrected chi connectivity index (χ3v) is 4.71. The number of aromatic amines is 1. The highest BCUT2D eigenvalue weighted by Gasteiger charge is 2.06. The Bertz CT molecular complexity index is 693. The average Bonchev–Trinajstić information content (AvgIpc) is 3.10. The van der Waals surface area contributed by atoms with Crippen molar-refractivity contribution in [3.63, 3.8) is 0 Å². The van der Waals surface area contributed by atoms with Crippen molar-refractivity contribution in [2.24, 2.45) is 4.99 Å². The molecular formula is C21H33N5O. The van der Waals surface area contributed by atoms with Gasteiger partial charge in [0, 0.05) is 25.3 Å². The normalized spacial score (nSPS) is 12.7. The van der Waals surface area contributed by atoms with Crippen LogP contribution in [0.2, 0.25) is 0 Å². The van der Waals surface area contributed by atoms with Gasteiger partial charge in [-0.05, 0) is 62.3 Å². The van der Waals surface area contributed by atoms with E-state index in [1.54, 1.807) is 7.11 Å². The van der Waals surface area contributed by atoms with Crippen LogP contribution in [0.15, 0.2) is 35.5 Å². The lowest BCUT2D eigenvalue weighted by Crippen LogP contribution is -2.38. The number of nitrogens with one attached hydrogen (secondary N) is 3. The number of rotatable bonds is 10. The largest absolute Gasteiger partial charge is 0.497 e. The Morgan fingerprint density at radius 2 is 2.04 bits per heavy atom. The molecule has 0 radical (unpaired) electrons. The zero-order valence-corrected chi connectivity index (χ0v) is 17.0. The van der Waals surface area contributed by atoms with E-state index in [0.29, 0.717) is 5.92 Å².